The van der Waals surface area contributed by atoms with Crippen molar-refractivity contribution in [1.82, 2.24) is 19.9 Å². The molecule has 3 heterocycles. The third-order valence-electron chi connectivity index (χ3n) is 6.25. The summed E-state index contributed by atoms with van der Waals surface area (Å²) in [5.74, 6) is 1.59. The normalized spacial score (nSPS) is 14.6. The van der Waals surface area contributed by atoms with Gasteiger partial charge in [0.25, 0.3) is 0 Å². The van der Waals surface area contributed by atoms with Crippen molar-refractivity contribution in [3.63, 3.8) is 0 Å². The van der Waals surface area contributed by atoms with Gasteiger partial charge in [0.1, 0.15) is 0 Å². The molecule has 3 aromatic rings. The zero-order chi connectivity index (χ0) is 24.5. The summed E-state index contributed by atoms with van der Waals surface area (Å²) in [7, 11) is 0. The summed E-state index contributed by atoms with van der Waals surface area (Å²) in [5.41, 5.74) is 3.39. The fourth-order valence-corrected chi connectivity index (χ4v) is 4.90. The van der Waals surface area contributed by atoms with Crippen LogP contribution in [0.2, 0.25) is 0 Å². The number of aromatic nitrogens is 3. The second-order valence-electron chi connectivity index (χ2n) is 10.6. The largest absolute Gasteiger partial charge is 0.278 e. The Labute approximate surface area is 206 Å². The number of hydrogen-bond acceptors (Lipinski definition) is 4. The molecule has 0 fully saturated rings. The van der Waals surface area contributed by atoms with Gasteiger partial charge in [-0.25, -0.2) is 0 Å². The van der Waals surface area contributed by atoms with Crippen LogP contribution in [0.15, 0.2) is 73.2 Å². The van der Waals surface area contributed by atoms with Crippen LogP contribution in [0.5, 0.6) is 0 Å². The van der Waals surface area contributed by atoms with Gasteiger partial charge < -0.3 is 0 Å². The summed E-state index contributed by atoms with van der Waals surface area (Å²) in [6, 6.07) is 19.4. The molecule has 0 amide bonds. The van der Waals surface area contributed by atoms with Gasteiger partial charge in [0.05, 0.1) is 35.2 Å². The zero-order valence-electron chi connectivity index (χ0n) is 21.8. The number of nitrogens with zero attached hydrogens (tertiary/aromatic N) is 4. The van der Waals surface area contributed by atoms with Crippen LogP contribution in [0, 0.1) is 17.8 Å². The molecule has 3 rings (SSSR count). The SMILES string of the molecule is CC(C)CC(c1ccccn1)N(C(CC(C)C)c1ccccn1)C(CC(C)C)c1ccccn1. The molecule has 0 aliphatic heterocycles. The van der Waals surface area contributed by atoms with Gasteiger partial charge in [-0.15, -0.1) is 0 Å². The Morgan fingerprint density at radius 2 is 0.794 bits per heavy atom. The maximum atomic E-state index is 4.88. The van der Waals surface area contributed by atoms with Crippen molar-refractivity contribution in [2.45, 2.75) is 78.9 Å². The van der Waals surface area contributed by atoms with Crippen molar-refractivity contribution in [3.8, 4) is 0 Å². The highest BCUT2D eigenvalue weighted by atomic mass is 15.2. The van der Waals surface area contributed by atoms with E-state index in [4.69, 9.17) is 15.0 Å². The maximum Gasteiger partial charge on any atom is 0.0575 e. The molecule has 182 valence electrons. The van der Waals surface area contributed by atoms with Gasteiger partial charge in [-0.2, -0.15) is 0 Å². The van der Waals surface area contributed by atoms with Crippen LogP contribution in [-0.4, -0.2) is 19.9 Å². The predicted molar refractivity (Wildman–Crippen MR) is 141 cm³/mol. The molecule has 0 N–H and O–H groups in total. The summed E-state index contributed by atoms with van der Waals surface area (Å²) in [6.45, 7) is 13.9. The van der Waals surface area contributed by atoms with E-state index < -0.39 is 0 Å². The summed E-state index contributed by atoms with van der Waals surface area (Å²) >= 11 is 0. The minimum atomic E-state index is 0.165. The van der Waals surface area contributed by atoms with E-state index in [2.05, 4.69) is 82.8 Å². The Balaban J connectivity index is 2.24. The van der Waals surface area contributed by atoms with E-state index in [9.17, 15) is 0 Å². The minimum Gasteiger partial charge on any atom is -0.278 e. The third kappa shape index (κ3) is 7.20. The van der Waals surface area contributed by atoms with E-state index in [0.717, 1.165) is 36.3 Å². The lowest BCUT2D eigenvalue weighted by Gasteiger charge is -2.44. The second-order valence-corrected chi connectivity index (χ2v) is 10.6. The smallest absolute Gasteiger partial charge is 0.0575 e. The summed E-state index contributed by atoms with van der Waals surface area (Å²) in [5, 5.41) is 0. The standard InChI is InChI=1S/C30H42N4/c1-22(2)19-28(25-13-7-10-16-31-25)34(29(20-23(3)4)26-14-8-11-17-32-26)30(21-24(5)6)27-15-9-12-18-33-27/h7-18,22-24,28-30H,19-21H2,1-6H3. The highest BCUT2D eigenvalue weighted by Gasteiger charge is 2.37. The Kier molecular flexibility index (Phi) is 9.76. The highest BCUT2D eigenvalue weighted by Crippen LogP contribution is 2.44. The van der Waals surface area contributed by atoms with E-state index in [0.29, 0.717) is 17.8 Å². The molecule has 0 aliphatic carbocycles. The number of hydrogen-bond donors (Lipinski definition) is 0. The van der Waals surface area contributed by atoms with Gasteiger partial charge in [0.15, 0.2) is 0 Å². The van der Waals surface area contributed by atoms with Crippen molar-refractivity contribution < 1.29 is 0 Å². The van der Waals surface area contributed by atoms with Crippen LogP contribution >= 0.6 is 0 Å². The fourth-order valence-electron chi connectivity index (χ4n) is 4.90. The molecule has 4 heteroatoms. The van der Waals surface area contributed by atoms with E-state index in [1.807, 2.05) is 36.8 Å². The lowest BCUT2D eigenvalue weighted by Crippen LogP contribution is -2.39. The fraction of sp³-hybridized carbons (Fsp3) is 0.500. The Bertz CT molecular complexity index is 814. The second kappa shape index (κ2) is 12.8. The molecule has 0 spiro atoms. The summed E-state index contributed by atoms with van der Waals surface area (Å²) < 4.78 is 0. The monoisotopic (exact) mass is 458 g/mol. The van der Waals surface area contributed by atoms with Gasteiger partial charge >= 0.3 is 0 Å². The van der Waals surface area contributed by atoms with Crippen molar-refractivity contribution >= 4 is 0 Å². The first-order valence-corrected chi connectivity index (χ1v) is 12.9. The molecule has 3 unspecified atom stereocenters. The van der Waals surface area contributed by atoms with E-state index in [1.165, 1.54) is 0 Å². The molecular formula is C30H42N4. The molecule has 4 nitrogen and oxygen atoms in total. The first kappa shape index (κ1) is 26.0. The Morgan fingerprint density at radius 3 is 1.00 bits per heavy atom. The van der Waals surface area contributed by atoms with E-state index in [1.54, 1.807) is 0 Å². The molecule has 34 heavy (non-hydrogen) atoms. The molecule has 0 bridgehead atoms. The molecule has 0 aromatic carbocycles. The lowest BCUT2D eigenvalue weighted by atomic mass is 9.88. The predicted octanol–water partition coefficient (Wildman–Crippen LogP) is 7.84. The quantitative estimate of drug-likeness (QED) is 0.277. The Morgan fingerprint density at radius 1 is 0.500 bits per heavy atom. The first-order chi connectivity index (χ1) is 16.4. The molecule has 0 radical (unpaired) electrons. The van der Waals surface area contributed by atoms with Crippen LogP contribution in [0.4, 0.5) is 0 Å². The van der Waals surface area contributed by atoms with Crippen molar-refractivity contribution in [1.29, 1.82) is 0 Å². The Hall–Kier alpha value is -2.59. The zero-order valence-corrected chi connectivity index (χ0v) is 21.8. The van der Waals surface area contributed by atoms with Gasteiger partial charge in [0.2, 0.25) is 0 Å². The molecule has 3 atom stereocenters. The minimum absolute atomic E-state index is 0.165. The van der Waals surface area contributed by atoms with Crippen molar-refractivity contribution in [2.24, 2.45) is 17.8 Å². The van der Waals surface area contributed by atoms with Gasteiger partial charge in [-0.05, 0) is 73.4 Å². The van der Waals surface area contributed by atoms with Gasteiger partial charge in [-0.3, -0.25) is 19.9 Å². The van der Waals surface area contributed by atoms with Crippen LogP contribution in [0.1, 0.15) is 96.0 Å². The molecular weight excluding hydrogens is 416 g/mol. The molecule has 0 aliphatic rings. The summed E-state index contributed by atoms with van der Waals surface area (Å²) in [6.07, 6.45) is 8.87. The number of pyridine rings is 3. The maximum absolute atomic E-state index is 4.88. The average Bonchev–Trinajstić information content (AvgIpc) is 2.83. The van der Waals surface area contributed by atoms with Crippen LogP contribution < -0.4 is 0 Å². The van der Waals surface area contributed by atoms with Crippen molar-refractivity contribution in [2.75, 3.05) is 0 Å². The highest BCUT2D eigenvalue weighted by molar-refractivity contribution is 5.18. The van der Waals surface area contributed by atoms with Crippen molar-refractivity contribution in [3.05, 3.63) is 90.3 Å². The topological polar surface area (TPSA) is 41.9 Å². The summed E-state index contributed by atoms with van der Waals surface area (Å²) in [4.78, 5) is 17.4. The number of rotatable bonds is 12. The first-order valence-electron chi connectivity index (χ1n) is 12.9. The lowest BCUT2D eigenvalue weighted by molar-refractivity contribution is 0.0351. The van der Waals surface area contributed by atoms with Crippen LogP contribution in [-0.2, 0) is 0 Å². The van der Waals surface area contributed by atoms with Crippen LogP contribution in [0.3, 0.4) is 0 Å². The average molecular weight is 459 g/mol. The van der Waals surface area contributed by atoms with E-state index in [-0.39, 0.29) is 18.1 Å². The molecule has 3 aromatic heterocycles. The van der Waals surface area contributed by atoms with Gasteiger partial charge in [-0.1, -0.05) is 59.7 Å². The third-order valence-corrected chi connectivity index (χ3v) is 6.25. The molecule has 0 saturated heterocycles. The molecule has 0 saturated carbocycles. The van der Waals surface area contributed by atoms with E-state index >= 15 is 0 Å². The van der Waals surface area contributed by atoms with Gasteiger partial charge in [0, 0.05) is 18.6 Å². The van der Waals surface area contributed by atoms with Crippen LogP contribution in [0.25, 0.3) is 0 Å².